The highest BCUT2D eigenvalue weighted by Gasteiger charge is 2.28. The average Bonchev–Trinajstić information content (AvgIpc) is 2.72. The lowest BCUT2D eigenvalue weighted by Crippen LogP contribution is -2.48. The number of benzene rings is 1. The van der Waals surface area contributed by atoms with Gasteiger partial charge >= 0.3 is 5.97 Å². The van der Waals surface area contributed by atoms with Gasteiger partial charge < -0.3 is 20.3 Å². The van der Waals surface area contributed by atoms with Crippen LogP contribution in [0.1, 0.15) is 49.5 Å². The number of esters is 1. The van der Waals surface area contributed by atoms with E-state index in [-0.39, 0.29) is 41.8 Å². The molecule has 7 nitrogen and oxygen atoms in total. The van der Waals surface area contributed by atoms with Gasteiger partial charge in [0, 0.05) is 31.7 Å². The molecule has 1 atom stereocenters. The predicted octanol–water partition coefficient (Wildman–Crippen LogP) is 2.79. The normalized spacial score (nSPS) is 16.6. The van der Waals surface area contributed by atoms with E-state index in [9.17, 15) is 9.59 Å². The van der Waals surface area contributed by atoms with Crippen molar-refractivity contribution < 1.29 is 14.3 Å². The summed E-state index contributed by atoms with van der Waals surface area (Å²) >= 11 is 0. The van der Waals surface area contributed by atoms with E-state index >= 15 is 0 Å². The highest BCUT2D eigenvalue weighted by molar-refractivity contribution is 14.0. The molecule has 1 fully saturated rings. The average molecular weight is 516 g/mol. The van der Waals surface area contributed by atoms with Crippen molar-refractivity contribution in [1.29, 1.82) is 0 Å². The lowest BCUT2D eigenvalue weighted by molar-refractivity contribution is -0.149. The number of nitrogens with zero attached hydrogens (tertiary/aromatic N) is 2. The molecule has 1 saturated heterocycles. The quantitative estimate of drug-likeness (QED) is 0.252. The smallest absolute Gasteiger partial charge is 0.310 e. The summed E-state index contributed by atoms with van der Waals surface area (Å²) in [7, 11) is 0. The molecule has 8 heteroatoms. The summed E-state index contributed by atoms with van der Waals surface area (Å²) in [5.74, 6) is 0.520. The monoisotopic (exact) mass is 516 g/mol. The molecule has 2 rings (SSSR count). The standard InChI is InChI=1S/C21H32N4O3.HI/c1-4-22-19(26)17-11-9-16(10-12-17)14-24-21(23-5-2)25-13-7-8-18(15-25)20(27)28-6-3;/h9-12,18H,4-8,13-15H2,1-3H3,(H,22,26)(H,23,24);1H. The minimum atomic E-state index is -0.121. The number of guanidine groups is 1. The number of likely N-dealkylation sites (tertiary alicyclic amines) is 1. The number of amides is 1. The molecule has 1 amide bonds. The van der Waals surface area contributed by atoms with E-state index in [1.807, 2.05) is 45.0 Å². The van der Waals surface area contributed by atoms with Gasteiger partial charge in [-0.25, -0.2) is 4.99 Å². The van der Waals surface area contributed by atoms with E-state index in [0.29, 0.717) is 31.8 Å². The van der Waals surface area contributed by atoms with Crippen molar-refractivity contribution >= 4 is 41.8 Å². The molecule has 1 aliphatic rings. The van der Waals surface area contributed by atoms with Gasteiger partial charge in [0.25, 0.3) is 5.91 Å². The molecule has 1 aromatic carbocycles. The zero-order valence-electron chi connectivity index (χ0n) is 17.6. The van der Waals surface area contributed by atoms with Crippen molar-refractivity contribution in [3.8, 4) is 0 Å². The minimum Gasteiger partial charge on any atom is -0.466 e. The van der Waals surface area contributed by atoms with Gasteiger partial charge in [0.15, 0.2) is 5.96 Å². The fourth-order valence-electron chi connectivity index (χ4n) is 3.24. The van der Waals surface area contributed by atoms with Crippen molar-refractivity contribution in [1.82, 2.24) is 15.5 Å². The van der Waals surface area contributed by atoms with Crippen LogP contribution in [0.3, 0.4) is 0 Å². The molecule has 0 radical (unpaired) electrons. The Morgan fingerprint density at radius 1 is 1.14 bits per heavy atom. The first kappa shape index (κ1) is 25.2. The first-order valence-corrected chi connectivity index (χ1v) is 10.2. The lowest BCUT2D eigenvalue weighted by atomic mass is 9.98. The molecule has 2 N–H and O–H groups in total. The Morgan fingerprint density at radius 3 is 2.45 bits per heavy atom. The molecule has 0 spiro atoms. The number of rotatable bonds is 7. The number of ether oxygens (including phenoxy) is 1. The maximum absolute atomic E-state index is 12.1. The Bertz CT molecular complexity index is 679. The van der Waals surface area contributed by atoms with E-state index in [1.165, 1.54) is 0 Å². The molecule has 1 unspecified atom stereocenters. The van der Waals surface area contributed by atoms with Crippen molar-refractivity contribution in [3.05, 3.63) is 35.4 Å². The van der Waals surface area contributed by atoms with Gasteiger partial charge in [-0.15, -0.1) is 24.0 Å². The Hall–Kier alpha value is -1.84. The second-order valence-electron chi connectivity index (χ2n) is 6.76. The van der Waals surface area contributed by atoms with E-state index < -0.39 is 0 Å². The summed E-state index contributed by atoms with van der Waals surface area (Å²) < 4.78 is 5.19. The largest absolute Gasteiger partial charge is 0.466 e. The molecule has 0 aliphatic carbocycles. The molecular weight excluding hydrogens is 483 g/mol. The third-order valence-corrected chi connectivity index (χ3v) is 4.64. The van der Waals surface area contributed by atoms with Gasteiger partial charge in [-0.1, -0.05) is 12.1 Å². The lowest BCUT2D eigenvalue weighted by Gasteiger charge is -2.34. The van der Waals surface area contributed by atoms with Crippen LogP contribution in [0.15, 0.2) is 29.3 Å². The minimum absolute atomic E-state index is 0. The van der Waals surface area contributed by atoms with Crippen LogP contribution in [0.2, 0.25) is 0 Å². The van der Waals surface area contributed by atoms with E-state index in [1.54, 1.807) is 0 Å². The Labute approximate surface area is 190 Å². The van der Waals surface area contributed by atoms with E-state index in [2.05, 4.69) is 15.5 Å². The maximum atomic E-state index is 12.1. The molecule has 0 bridgehead atoms. The van der Waals surface area contributed by atoms with Gasteiger partial charge in [0.2, 0.25) is 0 Å². The summed E-state index contributed by atoms with van der Waals surface area (Å²) in [6, 6.07) is 7.49. The molecule has 0 saturated carbocycles. The van der Waals surface area contributed by atoms with Gasteiger partial charge in [0.05, 0.1) is 19.1 Å². The maximum Gasteiger partial charge on any atom is 0.310 e. The van der Waals surface area contributed by atoms with Gasteiger partial charge in [-0.2, -0.15) is 0 Å². The summed E-state index contributed by atoms with van der Waals surface area (Å²) in [6.45, 7) is 9.56. The number of carbonyl (C=O) groups is 2. The summed E-state index contributed by atoms with van der Waals surface area (Å²) in [6.07, 6.45) is 1.80. The summed E-state index contributed by atoms with van der Waals surface area (Å²) in [5.41, 5.74) is 1.68. The second kappa shape index (κ2) is 13.4. The van der Waals surface area contributed by atoms with Crippen molar-refractivity contribution in [2.75, 3.05) is 32.8 Å². The van der Waals surface area contributed by atoms with Gasteiger partial charge in [-0.05, 0) is 51.3 Å². The van der Waals surface area contributed by atoms with Crippen LogP contribution in [0.5, 0.6) is 0 Å². The van der Waals surface area contributed by atoms with Crippen molar-refractivity contribution in [3.63, 3.8) is 0 Å². The van der Waals surface area contributed by atoms with Crippen LogP contribution in [-0.4, -0.2) is 55.5 Å². The SMILES string of the molecule is CCNC(=O)c1ccc(CN=C(NCC)N2CCCC(C(=O)OCC)C2)cc1.I. The molecule has 1 heterocycles. The Balaban J connectivity index is 0.00000420. The van der Waals surface area contributed by atoms with Crippen LogP contribution in [-0.2, 0) is 16.1 Å². The van der Waals surface area contributed by atoms with E-state index in [0.717, 1.165) is 37.5 Å². The number of hydrogen-bond donors (Lipinski definition) is 2. The Morgan fingerprint density at radius 2 is 1.83 bits per heavy atom. The van der Waals surface area contributed by atoms with Gasteiger partial charge in [-0.3, -0.25) is 9.59 Å². The number of piperidine rings is 1. The molecule has 1 aliphatic heterocycles. The van der Waals surface area contributed by atoms with E-state index in [4.69, 9.17) is 9.73 Å². The van der Waals surface area contributed by atoms with Crippen LogP contribution in [0, 0.1) is 5.92 Å². The molecule has 29 heavy (non-hydrogen) atoms. The first-order valence-electron chi connectivity index (χ1n) is 10.2. The second-order valence-corrected chi connectivity index (χ2v) is 6.76. The first-order chi connectivity index (χ1) is 13.6. The third kappa shape index (κ3) is 7.83. The summed E-state index contributed by atoms with van der Waals surface area (Å²) in [5, 5.41) is 6.11. The fraction of sp³-hybridized carbons (Fsp3) is 0.571. The van der Waals surface area contributed by atoms with Crippen LogP contribution in [0.25, 0.3) is 0 Å². The fourth-order valence-corrected chi connectivity index (χ4v) is 3.24. The zero-order valence-corrected chi connectivity index (χ0v) is 19.9. The van der Waals surface area contributed by atoms with Gasteiger partial charge in [0.1, 0.15) is 0 Å². The number of carbonyl (C=O) groups excluding carboxylic acids is 2. The predicted molar refractivity (Wildman–Crippen MR) is 126 cm³/mol. The van der Waals surface area contributed by atoms with Crippen molar-refractivity contribution in [2.45, 2.75) is 40.2 Å². The highest BCUT2D eigenvalue weighted by Crippen LogP contribution is 2.18. The van der Waals surface area contributed by atoms with Crippen LogP contribution < -0.4 is 10.6 Å². The molecule has 1 aromatic rings. The zero-order chi connectivity index (χ0) is 20.4. The van der Waals surface area contributed by atoms with Crippen LogP contribution in [0.4, 0.5) is 0 Å². The van der Waals surface area contributed by atoms with Crippen LogP contribution >= 0.6 is 24.0 Å². The molecule has 0 aromatic heterocycles. The summed E-state index contributed by atoms with van der Waals surface area (Å²) in [4.78, 5) is 30.8. The number of hydrogen-bond acceptors (Lipinski definition) is 4. The molecular formula is C21H33IN4O3. The highest BCUT2D eigenvalue weighted by atomic mass is 127. The molecule has 162 valence electrons. The Kier molecular flexibility index (Phi) is 11.6. The topological polar surface area (TPSA) is 83.0 Å². The number of nitrogens with one attached hydrogen (secondary N) is 2. The number of aliphatic imine (C=N–C) groups is 1. The van der Waals surface area contributed by atoms with Crippen molar-refractivity contribution in [2.24, 2.45) is 10.9 Å². The number of halogens is 1. The third-order valence-electron chi connectivity index (χ3n) is 4.64.